The Labute approximate surface area is 150 Å². The van der Waals surface area contributed by atoms with E-state index in [1.807, 2.05) is 0 Å². The normalized spacial score (nSPS) is 11.8. The molecule has 0 aliphatic carbocycles. The molecular formula is C24H18Si. The van der Waals surface area contributed by atoms with Crippen molar-refractivity contribution in [1.29, 1.82) is 0 Å². The smallest absolute Gasteiger partial charge is 0.0627 e. The van der Waals surface area contributed by atoms with Crippen molar-refractivity contribution in [2.45, 2.75) is 0 Å². The van der Waals surface area contributed by atoms with E-state index in [1.165, 1.54) is 43.8 Å². The molecule has 1 heteroatoms. The monoisotopic (exact) mass is 334 g/mol. The van der Waals surface area contributed by atoms with Crippen molar-refractivity contribution >= 4 is 19.9 Å². The summed E-state index contributed by atoms with van der Waals surface area (Å²) in [5, 5.41) is 2.98. The summed E-state index contributed by atoms with van der Waals surface area (Å²) in [6.45, 7) is 0. The lowest BCUT2D eigenvalue weighted by atomic mass is 9.89. The van der Waals surface area contributed by atoms with Crippen molar-refractivity contribution in [2.75, 3.05) is 0 Å². The van der Waals surface area contributed by atoms with Crippen LogP contribution in [0.4, 0.5) is 0 Å². The SMILES string of the molecule is c1ccc2c(c1)-c1ccc(cc1)[SiH2]c1ccc(cc1)-c1ccccc1-2. The first-order valence-electron chi connectivity index (χ1n) is 8.75. The van der Waals surface area contributed by atoms with E-state index < -0.39 is 9.52 Å². The molecule has 0 unspecified atom stereocenters. The number of benzene rings is 4. The summed E-state index contributed by atoms with van der Waals surface area (Å²) in [5.74, 6) is 0. The van der Waals surface area contributed by atoms with Gasteiger partial charge in [0.1, 0.15) is 0 Å². The van der Waals surface area contributed by atoms with Crippen LogP contribution in [0, 0.1) is 0 Å². The molecule has 0 saturated carbocycles. The van der Waals surface area contributed by atoms with Crippen LogP contribution in [0.25, 0.3) is 33.4 Å². The lowest BCUT2D eigenvalue weighted by Crippen LogP contribution is -2.26. The quantitative estimate of drug-likeness (QED) is 0.374. The van der Waals surface area contributed by atoms with Crippen LogP contribution in [0.5, 0.6) is 0 Å². The minimum atomic E-state index is -0.412. The summed E-state index contributed by atoms with van der Waals surface area (Å²) in [6, 6.07) is 35.9. The highest BCUT2D eigenvalue weighted by molar-refractivity contribution is 6.67. The van der Waals surface area contributed by atoms with E-state index in [4.69, 9.17) is 0 Å². The Hall–Kier alpha value is -2.90. The first kappa shape index (κ1) is 14.4. The molecule has 0 aromatic heterocycles. The van der Waals surface area contributed by atoms with Gasteiger partial charge >= 0.3 is 0 Å². The van der Waals surface area contributed by atoms with Crippen molar-refractivity contribution in [3.63, 3.8) is 0 Å². The number of hydrogen-bond acceptors (Lipinski definition) is 0. The van der Waals surface area contributed by atoms with Gasteiger partial charge in [-0.3, -0.25) is 0 Å². The molecule has 0 nitrogen and oxygen atoms in total. The summed E-state index contributed by atoms with van der Waals surface area (Å²) >= 11 is 0. The maximum Gasteiger partial charge on any atom is 0.0875 e. The fourth-order valence-electron chi connectivity index (χ4n) is 3.78. The molecule has 4 aliphatic heterocycles. The van der Waals surface area contributed by atoms with E-state index in [2.05, 4.69) is 97.1 Å². The first-order chi connectivity index (χ1) is 12.4. The third kappa shape index (κ3) is 2.53. The molecule has 0 atom stereocenters. The van der Waals surface area contributed by atoms with Crippen LogP contribution in [0.15, 0.2) is 97.1 Å². The van der Waals surface area contributed by atoms with Gasteiger partial charge in [0.2, 0.25) is 0 Å². The van der Waals surface area contributed by atoms with Crippen molar-refractivity contribution in [3.8, 4) is 33.4 Å². The molecule has 0 amide bonds. The topological polar surface area (TPSA) is 0 Å². The zero-order valence-electron chi connectivity index (χ0n) is 13.9. The Morgan fingerprint density at radius 1 is 0.360 bits per heavy atom. The van der Waals surface area contributed by atoms with Crippen LogP contribution in [0.1, 0.15) is 0 Å². The molecule has 8 rings (SSSR count). The van der Waals surface area contributed by atoms with Crippen LogP contribution >= 0.6 is 0 Å². The summed E-state index contributed by atoms with van der Waals surface area (Å²) in [5.41, 5.74) is 7.80. The molecular weight excluding hydrogens is 316 g/mol. The van der Waals surface area contributed by atoms with Gasteiger partial charge in [0.05, 0.1) is 9.52 Å². The second-order valence-electron chi connectivity index (χ2n) is 6.66. The van der Waals surface area contributed by atoms with Crippen LogP contribution in [-0.2, 0) is 0 Å². The zero-order valence-corrected chi connectivity index (χ0v) is 15.4. The first-order valence-corrected chi connectivity index (χ1v) is 10.2. The predicted octanol–water partition coefficient (Wildman–Crippen LogP) is 4.12. The molecule has 0 radical (unpaired) electrons. The average molecular weight is 334 g/mol. The molecule has 4 heterocycles. The number of hydrogen-bond donors (Lipinski definition) is 0. The van der Waals surface area contributed by atoms with Crippen molar-refractivity contribution in [1.82, 2.24) is 0 Å². The maximum absolute atomic E-state index is 2.32. The molecule has 4 aliphatic rings. The van der Waals surface area contributed by atoms with Gasteiger partial charge in [-0.25, -0.2) is 0 Å². The highest BCUT2D eigenvalue weighted by Crippen LogP contribution is 2.37. The van der Waals surface area contributed by atoms with Gasteiger partial charge in [0.25, 0.3) is 0 Å². The minimum absolute atomic E-state index is 0.412. The average Bonchev–Trinajstić information content (AvgIpc) is 2.71. The molecule has 4 aromatic carbocycles. The van der Waals surface area contributed by atoms with Crippen LogP contribution in [0.3, 0.4) is 0 Å². The molecule has 4 bridgehead atoms. The highest BCUT2D eigenvalue weighted by atomic mass is 28.2. The van der Waals surface area contributed by atoms with E-state index in [-0.39, 0.29) is 0 Å². The summed E-state index contributed by atoms with van der Waals surface area (Å²) < 4.78 is 0. The fraction of sp³-hybridized carbons (Fsp3) is 0. The Morgan fingerprint density at radius 3 is 1.12 bits per heavy atom. The molecule has 0 spiro atoms. The lowest BCUT2D eigenvalue weighted by Gasteiger charge is -2.14. The Kier molecular flexibility index (Phi) is 3.39. The van der Waals surface area contributed by atoms with Gasteiger partial charge in [-0.1, -0.05) is 107 Å². The summed E-state index contributed by atoms with van der Waals surface area (Å²) in [4.78, 5) is 0. The third-order valence-corrected chi connectivity index (χ3v) is 6.84. The van der Waals surface area contributed by atoms with Gasteiger partial charge in [0, 0.05) is 0 Å². The molecule has 4 aromatic rings. The molecule has 0 saturated heterocycles. The Balaban J connectivity index is 1.88. The van der Waals surface area contributed by atoms with E-state index in [9.17, 15) is 0 Å². The molecule has 0 fully saturated rings. The standard InChI is InChI=1S/C24H18Si/c1-3-7-23-21(5-1)17-9-13-19(14-10-17)25-20-15-11-18(12-16-20)22-6-2-4-8-24(22)23/h1-16H,25H2. The van der Waals surface area contributed by atoms with Gasteiger partial charge in [-0.2, -0.15) is 0 Å². The minimum Gasteiger partial charge on any atom is -0.0627 e. The molecule has 0 N–H and O–H groups in total. The lowest BCUT2D eigenvalue weighted by molar-refractivity contribution is 1.57. The summed E-state index contributed by atoms with van der Waals surface area (Å²) in [6.07, 6.45) is 0. The maximum atomic E-state index is 2.32. The molecule has 25 heavy (non-hydrogen) atoms. The van der Waals surface area contributed by atoms with Crippen molar-refractivity contribution < 1.29 is 0 Å². The van der Waals surface area contributed by atoms with E-state index in [1.54, 1.807) is 0 Å². The van der Waals surface area contributed by atoms with E-state index >= 15 is 0 Å². The van der Waals surface area contributed by atoms with Crippen LogP contribution in [0.2, 0.25) is 0 Å². The van der Waals surface area contributed by atoms with Crippen molar-refractivity contribution in [3.05, 3.63) is 97.1 Å². The van der Waals surface area contributed by atoms with Crippen LogP contribution < -0.4 is 10.4 Å². The van der Waals surface area contributed by atoms with E-state index in [0.29, 0.717) is 0 Å². The predicted molar refractivity (Wildman–Crippen MR) is 111 cm³/mol. The molecule has 118 valence electrons. The summed E-state index contributed by atoms with van der Waals surface area (Å²) in [7, 11) is -0.412. The second kappa shape index (κ2) is 5.87. The van der Waals surface area contributed by atoms with Gasteiger partial charge in [-0.05, 0) is 33.4 Å². The number of rotatable bonds is 0. The second-order valence-corrected chi connectivity index (χ2v) is 8.65. The Bertz CT molecular complexity index is 957. The third-order valence-electron chi connectivity index (χ3n) is 5.08. The van der Waals surface area contributed by atoms with Crippen LogP contribution in [-0.4, -0.2) is 9.52 Å². The van der Waals surface area contributed by atoms with Gasteiger partial charge in [0.15, 0.2) is 0 Å². The van der Waals surface area contributed by atoms with Gasteiger partial charge in [-0.15, -0.1) is 0 Å². The van der Waals surface area contributed by atoms with Gasteiger partial charge < -0.3 is 0 Å². The fourth-order valence-corrected chi connectivity index (χ4v) is 5.19. The van der Waals surface area contributed by atoms with Crippen molar-refractivity contribution in [2.24, 2.45) is 0 Å². The largest absolute Gasteiger partial charge is 0.0875 e. The Morgan fingerprint density at radius 2 is 0.720 bits per heavy atom. The highest BCUT2D eigenvalue weighted by Gasteiger charge is 2.13. The van der Waals surface area contributed by atoms with E-state index in [0.717, 1.165) is 0 Å². The zero-order chi connectivity index (χ0) is 16.6.